The van der Waals surface area contributed by atoms with E-state index in [1.807, 2.05) is 24.3 Å². The second-order valence-electron chi connectivity index (χ2n) is 3.83. The monoisotopic (exact) mass is 231 g/mol. The third-order valence-electron chi connectivity index (χ3n) is 2.75. The van der Waals surface area contributed by atoms with E-state index in [1.54, 1.807) is 0 Å². The van der Waals surface area contributed by atoms with Crippen LogP contribution in [0.2, 0.25) is 5.02 Å². The molecule has 0 aliphatic rings. The quantitative estimate of drug-likeness (QED) is 0.837. The van der Waals surface area contributed by atoms with Gasteiger partial charge < -0.3 is 5.73 Å². The summed E-state index contributed by atoms with van der Waals surface area (Å²) >= 11 is 6.16. The molecule has 0 unspecified atom stereocenters. The predicted molar refractivity (Wildman–Crippen MR) is 69.5 cm³/mol. The highest BCUT2D eigenvalue weighted by Crippen LogP contribution is 2.28. The van der Waals surface area contributed by atoms with Crippen molar-refractivity contribution in [1.82, 2.24) is 0 Å². The standard InChI is InChI=1S/C14H14ClN/c1-10-6-7-11(8-12(10)9-16)13-4-2-3-5-14(13)15/h2-8H,9,16H2,1H3. The van der Waals surface area contributed by atoms with Crippen LogP contribution in [0, 0.1) is 6.92 Å². The van der Waals surface area contributed by atoms with Crippen LogP contribution in [0.15, 0.2) is 42.5 Å². The lowest BCUT2D eigenvalue weighted by atomic mass is 10.00. The molecule has 0 radical (unpaired) electrons. The summed E-state index contributed by atoms with van der Waals surface area (Å²) in [4.78, 5) is 0. The lowest BCUT2D eigenvalue weighted by molar-refractivity contribution is 1.05. The Hall–Kier alpha value is -1.31. The first-order valence-corrected chi connectivity index (χ1v) is 5.64. The average molecular weight is 232 g/mol. The van der Waals surface area contributed by atoms with Gasteiger partial charge in [-0.25, -0.2) is 0 Å². The van der Waals surface area contributed by atoms with Crippen molar-refractivity contribution in [3.63, 3.8) is 0 Å². The largest absolute Gasteiger partial charge is 0.326 e. The maximum Gasteiger partial charge on any atom is 0.0484 e. The molecule has 0 saturated heterocycles. The van der Waals surface area contributed by atoms with Crippen LogP contribution < -0.4 is 5.73 Å². The van der Waals surface area contributed by atoms with Gasteiger partial charge >= 0.3 is 0 Å². The van der Waals surface area contributed by atoms with Crippen LogP contribution in [0.5, 0.6) is 0 Å². The minimum absolute atomic E-state index is 0.560. The summed E-state index contributed by atoms with van der Waals surface area (Å²) in [6.45, 7) is 2.63. The molecule has 0 amide bonds. The molecule has 2 aromatic rings. The zero-order valence-corrected chi connectivity index (χ0v) is 9.96. The Labute approximate surface area is 101 Å². The number of hydrogen-bond acceptors (Lipinski definition) is 1. The molecule has 0 spiro atoms. The van der Waals surface area contributed by atoms with E-state index in [0.717, 1.165) is 21.7 Å². The molecule has 82 valence electrons. The average Bonchev–Trinajstić information content (AvgIpc) is 2.31. The highest BCUT2D eigenvalue weighted by atomic mass is 35.5. The zero-order chi connectivity index (χ0) is 11.5. The minimum Gasteiger partial charge on any atom is -0.326 e. The molecule has 2 N–H and O–H groups in total. The summed E-state index contributed by atoms with van der Waals surface area (Å²) in [6.07, 6.45) is 0. The third kappa shape index (κ3) is 2.11. The fourth-order valence-electron chi connectivity index (χ4n) is 1.75. The summed E-state index contributed by atoms with van der Waals surface area (Å²) in [6, 6.07) is 14.1. The first-order chi connectivity index (χ1) is 7.72. The Morgan fingerprint density at radius 2 is 1.88 bits per heavy atom. The maximum absolute atomic E-state index is 6.16. The van der Waals surface area contributed by atoms with E-state index in [9.17, 15) is 0 Å². The molecule has 0 fully saturated rings. The Balaban J connectivity index is 2.53. The van der Waals surface area contributed by atoms with Gasteiger partial charge in [-0.1, -0.05) is 41.9 Å². The van der Waals surface area contributed by atoms with Crippen molar-refractivity contribution in [3.8, 4) is 11.1 Å². The van der Waals surface area contributed by atoms with Crippen LogP contribution in [0.25, 0.3) is 11.1 Å². The van der Waals surface area contributed by atoms with Gasteiger partial charge in [-0.2, -0.15) is 0 Å². The van der Waals surface area contributed by atoms with E-state index in [1.165, 1.54) is 5.56 Å². The number of nitrogens with two attached hydrogens (primary N) is 1. The number of hydrogen-bond donors (Lipinski definition) is 1. The van der Waals surface area contributed by atoms with E-state index in [4.69, 9.17) is 17.3 Å². The highest BCUT2D eigenvalue weighted by Gasteiger charge is 2.04. The lowest BCUT2D eigenvalue weighted by Gasteiger charge is -2.08. The van der Waals surface area contributed by atoms with Gasteiger partial charge in [-0.3, -0.25) is 0 Å². The van der Waals surface area contributed by atoms with Crippen molar-refractivity contribution < 1.29 is 0 Å². The number of aryl methyl sites for hydroxylation is 1. The second-order valence-corrected chi connectivity index (χ2v) is 4.23. The Morgan fingerprint density at radius 1 is 1.12 bits per heavy atom. The first kappa shape index (κ1) is 11.2. The van der Waals surface area contributed by atoms with Crippen molar-refractivity contribution in [2.75, 3.05) is 0 Å². The zero-order valence-electron chi connectivity index (χ0n) is 9.20. The van der Waals surface area contributed by atoms with Crippen molar-refractivity contribution in [1.29, 1.82) is 0 Å². The summed E-state index contributed by atoms with van der Waals surface area (Å²) in [5, 5.41) is 0.773. The maximum atomic E-state index is 6.16. The minimum atomic E-state index is 0.560. The first-order valence-electron chi connectivity index (χ1n) is 5.27. The fourth-order valence-corrected chi connectivity index (χ4v) is 2.00. The SMILES string of the molecule is Cc1ccc(-c2ccccc2Cl)cc1CN. The van der Waals surface area contributed by atoms with Crippen LogP contribution in [-0.2, 0) is 6.54 Å². The van der Waals surface area contributed by atoms with Crippen LogP contribution in [0.3, 0.4) is 0 Å². The number of benzene rings is 2. The molecule has 0 aliphatic heterocycles. The molecule has 0 bridgehead atoms. The molecule has 0 atom stereocenters. The second kappa shape index (κ2) is 4.69. The van der Waals surface area contributed by atoms with Crippen LogP contribution in [0.4, 0.5) is 0 Å². The van der Waals surface area contributed by atoms with Gasteiger partial charge in [0.1, 0.15) is 0 Å². The number of rotatable bonds is 2. The van der Waals surface area contributed by atoms with E-state index in [-0.39, 0.29) is 0 Å². The van der Waals surface area contributed by atoms with Gasteiger partial charge in [0.05, 0.1) is 0 Å². The molecular formula is C14H14ClN. The summed E-state index contributed by atoms with van der Waals surface area (Å²) < 4.78 is 0. The predicted octanol–water partition coefficient (Wildman–Crippen LogP) is 3.77. The van der Waals surface area contributed by atoms with E-state index < -0.39 is 0 Å². The lowest BCUT2D eigenvalue weighted by Crippen LogP contribution is -1.99. The topological polar surface area (TPSA) is 26.0 Å². The molecule has 0 saturated carbocycles. The van der Waals surface area contributed by atoms with Crippen LogP contribution in [-0.4, -0.2) is 0 Å². The molecule has 16 heavy (non-hydrogen) atoms. The van der Waals surface area contributed by atoms with Gasteiger partial charge in [-0.05, 0) is 35.7 Å². The smallest absolute Gasteiger partial charge is 0.0484 e. The van der Waals surface area contributed by atoms with Gasteiger partial charge in [0.25, 0.3) is 0 Å². The van der Waals surface area contributed by atoms with E-state index in [0.29, 0.717) is 6.54 Å². The Kier molecular flexibility index (Phi) is 3.28. The fraction of sp³-hybridized carbons (Fsp3) is 0.143. The molecule has 1 nitrogen and oxygen atoms in total. The molecule has 0 heterocycles. The van der Waals surface area contributed by atoms with E-state index in [2.05, 4.69) is 25.1 Å². The molecule has 2 heteroatoms. The summed E-state index contributed by atoms with van der Waals surface area (Å²) in [5.41, 5.74) is 10.3. The Morgan fingerprint density at radius 3 is 2.56 bits per heavy atom. The van der Waals surface area contributed by atoms with Crippen molar-refractivity contribution in [2.45, 2.75) is 13.5 Å². The van der Waals surface area contributed by atoms with Crippen molar-refractivity contribution >= 4 is 11.6 Å². The van der Waals surface area contributed by atoms with Crippen LogP contribution in [0.1, 0.15) is 11.1 Å². The van der Waals surface area contributed by atoms with Gasteiger partial charge in [0, 0.05) is 17.1 Å². The highest BCUT2D eigenvalue weighted by molar-refractivity contribution is 6.33. The van der Waals surface area contributed by atoms with Crippen LogP contribution >= 0.6 is 11.6 Å². The normalized spacial score (nSPS) is 10.4. The summed E-state index contributed by atoms with van der Waals surface area (Å²) in [5.74, 6) is 0. The van der Waals surface area contributed by atoms with Crippen molar-refractivity contribution in [3.05, 3.63) is 58.6 Å². The van der Waals surface area contributed by atoms with Gasteiger partial charge in [0.15, 0.2) is 0 Å². The van der Waals surface area contributed by atoms with E-state index >= 15 is 0 Å². The van der Waals surface area contributed by atoms with Crippen molar-refractivity contribution in [2.24, 2.45) is 5.73 Å². The molecular weight excluding hydrogens is 218 g/mol. The number of halogens is 1. The Bertz CT molecular complexity index is 506. The van der Waals surface area contributed by atoms with Gasteiger partial charge in [0.2, 0.25) is 0 Å². The third-order valence-corrected chi connectivity index (χ3v) is 3.08. The molecule has 2 rings (SSSR count). The molecule has 2 aromatic carbocycles. The van der Waals surface area contributed by atoms with Gasteiger partial charge in [-0.15, -0.1) is 0 Å². The molecule has 0 aliphatic carbocycles. The summed E-state index contributed by atoms with van der Waals surface area (Å²) in [7, 11) is 0. The molecule has 0 aromatic heterocycles.